The molecule has 120 valence electrons. The lowest BCUT2D eigenvalue weighted by Crippen LogP contribution is -2.35. The van der Waals surface area contributed by atoms with Crippen molar-refractivity contribution in [3.05, 3.63) is 65.7 Å². The lowest BCUT2D eigenvalue weighted by molar-refractivity contribution is -0.117. The number of carbonyl (C=O) groups is 2. The molecule has 6 nitrogen and oxygen atoms in total. The minimum absolute atomic E-state index is 0.0171. The summed E-state index contributed by atoms with van der Waals surface area (Å²) in [6.45, 7) is 0.300. The van der Waals surface area contributed by atoms with E-state index >= 15 is 0 Å². The van der Waals surface area contributed by atoms with Crippen molar-refractivity contribution in [2.24, 2.45) is 0 Å². The third-order valence-electron chi connectivity index (χ3n) is 2.97. The zero-order valence-corrected chi connectivity index (χ0v) is 12.5. The van der Waals surface area contributed by atoms with E-state index < -0.39 is 11.8 Å². The smallest absolute Gasteiger partial charge is 0.291 e. The van der Waals surface area contributed by atoms with Gasteiger partial charge in [-0.25, -0.2) is 0 Å². The standard InChI is InChI=1S/C17H18N2O4/c20-10-5-9-18-16(21)14(12-13-6-2-1-3-7-13)19-17(22)15-8-4-11-23-15/h1-4,6-8,11-12,20H,5,9-10H2,(H,18,21)(H,19,22). The average molecular weight is 314 g/mol. The van der Waals surface area contributed by atoms with Gasteiger partial charge < -0.3 is 20.2 Å². The first-order valence-corrected chi connectivity index (χ1v) is 7.21. The monoisotopic (exact) mass is 314 g/mol. The van der Waals surface area contributed by atoms with Crippen molar-refractivity contribution >= 4 is 17.9 Å². The summed E-state index contributed by atoms with van der Waals surface area (Å²) in [5, 5.41) is 14.0. The summed E-state index contributed by atoms with van der Waals surface area (Å²) in [5.74, 6) is -0.816. The Morgan fingerprint density at radius 3 is 2.57 bits per heavy atom. The number of aliphatic hydroxyl groups is 1. The highest BCUT2D eigenvalue weighted by molar-refractivity contribution is 6.04. The van der Waals surface area contributed by atoms with Crippen LogP contribution in [-0.4, -0.2) is 30.1 Å². The van der Waals surface area contributed by atoms with Crippen molar-refractivity contribution < 1.29 is 19.1 Å². The molecular weight excluding hydrogens is 296 g/mol. The number of hydrogen-bond donors (Lipinski definition) is 3. The molecule has 1 aromatic heterocycles. The first-order chi connectivity index (χ1) is 11.2. The zero-order valence-electron chi connectivity index (χ0n) is 12.5. The first kappa shape index (κ1) is 16.5. The van der Waals surface area contributed by atoms with Crippen LogP contribution in [0.3, 0.4) is 0 Å². The van der Waals surface area contributed by atoms with E-state index in [2.05, 4.69) is 10.6 Å². The van der Waals surface area contributed by atoms with Crippen LogP contribution >= 0.6 is 0 Å². The number of nitrogens with one attached hydrogen (secondary N) is 2. The molecule has 23 heavy (non-hydrogen) atoms. The fraction of sp³-hybridized carbons (Fsp3) is 0.176. The van der Waals surface area contributed by atoms with Crippen molar-refractivity contribution in [3.63, 3.8) is 0 Å². The van der Waals surface area contributed by atoms with Crippen molar-refractivity contribution in [1.29, 1.82) is 0 Å². The molecule has 0 saturated carbocycles. The summed E-state index contributed by atoms with van der Waals surface area (Å²) in [4.78, 5) is 24.3. The van der Waals surface area contributed by atoms with Gasteiger partial charge in [-0.15, -0.1) is 0 Å². The Morgan fingerprint density at radius 1 is 1.13 bits per heavy atom. The lowest BCUT2D eigenvalue weighted by Gasteiger charge is -2.10. The molecule has 0 spiro atoms. The second kappa shape index (κ2) is 8.55. The molecular formula is C17H18N2O4. The van der Waals surface area contributed by atoms with Crippen LogP contribution in [0.5, 0.6) is 0 Å². The normalized spacial score (nSPS) is 11.1. The van der Waals surface area contributed by atoms with Crippen LogP contribution in [-0.2, 0) is 4.79 Å². The molecule has 0 aliphatic rings. The van der Waals surface area contributed by atoms with Crippen LogP contribution in [0.2, 0.25) is 0 Å². The van der Waals surface area contributed by atoms with Gasteiger partial charge in [0.15, 0.2) is 5.76 Å². The highest BCUT2D eigenvalue weighted by Gasteiger charge is 2.15. The Morgan fingerprint density at radius 2 is 1.91 bits per heavy atom. The molecule has 1 heterocycles. The van der Waals surface area contributed by atoms with E-state index in [-0.39, 0.29) is 18.1 Å². The quantitative estimate of drug-likeness (QED) is 0.534. The molecule has 0 aliphatic carbocycles. The number of aliphatic hydroxyl groups excluding tert-OH is 1. The molecule has 0 bridgehead atoms. The molecule has 3 N–H and O–H groups in total. The van der Waals surface area contributed by atoms with E-state index in [1.165, 1.54) is 12.3 Å². The number of rotatable bonds is 7. The number of hydrogen-bond acceptors (Lipinski definition) is 4. The maximum atomic E-state index is 12.2. The Kier molecular flexibility index (Phi) is 6.14. The van der Waals surface area contributed by atoms with Gasteiger partial charge in [0.05, 0.1) is 6.26 Å². The molecule has 0 aliphatic heterocycles. The number of amides is 2. The van der Waals surface area contributed by atoms with E-state index in [0.717, 1.165) is 5.56 Å². The Bertz CT molecular complexity index is 663. The van der Waals surface area contributed by atoms with Gasteiger partial charge in [-0.3, -0.25) is 9.59 Å². The van der Waals surface area contributed by atoms with Gasteiger partial charge in [0.1, 0.15) is 5.70 Å². The van der Waals surface area contributed by atoms with E-state index in [1.54, 1.807) is 12.1 Å². The van der Waals surface area contributed by atoms with Gasteiger partial charge in [-0.05, 0) is 30.2 Å². The Labute approximate surface area is 133 Å². The number of benzene rings is 1. The second-order valence-electron chi connectivity index (χ2n) is 4.73. The first-order valence-electron chi connectivity index (χ1n) is 7.21. The van der Waals surface area contributed by atoms with Gasteiger partial charge in [0.25, 0.3) is 11.8 Å². The molecule has 0 radical (unpaired) electrons. The molecule has 2 amide bonds. The summed E-state index contributed by atoms with van der Waals surface area (Å²) < 4.78 is 5.02. The van der Waals surface area contributed by atoms with Gasteiger partial charge >= 0.3 is 0 Å². The number of carbonyl (C=O) groups excluding carboxylic acids is 2. The van der Waals surface area contributed by atoms with E-state index in [9.17, 15) is 9.59 Å². The molecule has 0 saturated heterocycles. The molecule has 2 rings (SSSR count). The molecule has 0 fully saturated rings. The zero-order chi connectivity index (χ0) is 16.5. The van der Waals surface area contributed by atoms with Crippen LogP contribution in [0.15, 0.2) is 58.8 Å². The summed E-state index contributed by atoms with van der Waals surface area (Å²) in [7, 11) is 0. The summed E-state index contributed by atoms with van der Waals surface area (Å²) >= 11 is 0. The van der Waals surface area contributed by atoms with Gasteiger partial charge in [-0.1, -0.05) is 30.3 Å². The van der Waals surface area contributed by atoms with Crippen molar-refractivity contribution in [2.45, 2.75) is 6.42 Å². The summed E-state index contributed by atoms with van der Waals surface area (Å²) in [6.07, 6.45) is 3.41. The number of furan rings is 1. The van der Waals surface area contributed by atoms with Gasteiger partial charge in [0, 0.05) is 13.2 Å². The lowest BCUT2D eigenvalue weighted by atomic mass is 10.2. The van der Waals surface area contributed by atoms with E-state index in [1.807, 2.05) is 30.3 Å². The van der Waals surface area contributed by atoms with E-state index in [4.69, 9.17) is 9.52 Å². The molecule has 6 heteroatoms. The van der Waals surface area contributed by atoms with Crippen LogP contribution < -0.4 is 10.6 Å². The highest BCUT2D eigenvalue weighted by Crippen LogP contribution is 2.07. The summed E-state index contributed by atoms with van der Waals surface area (Å²) in [5.41, 5.74) is 0.884. The maximum Gasteiger partial charge on any atom is 0.291 e. The molecule has 1 aromatic carbocycles. The topological polar surface area (TPSA) is 91.6 Å². The third kappa shape index (κ3) is 5.12. The van der Waals surface area contributed by atoms with Gasteiger partial charge in [0.2, 0.25) is 0 Å². The molecule has 0 unspecified atom stereocenters. The van der Waals surface area contributed by atoms with Gasteiger partial charge in [-0.2, -0.15) is 0 Å². The van der Waals surface area contributed by atoms with Crippen molar-refractivity contribution in [3.8, 4) is 0 Å². The fourth-order valence-corrected chi connectivity index (χ4v) is 1.84. The van der Waals surface area contributed by atoms with Crippen LogP contribution in [0.4, 0.5) is 0 Å². The van der Waals surface area contributed by atoms with Crippen LogP contribution in [0, 0.1) is 0 Å². The van der Waals surface area contributed by atoms with Crippen molar-refractivity contribution in [2.75, 3.05) is 13.2 Å². The molecule has 0 atom stereocenters. The predicted molar refractivity (Wildman–Crippen MR) is 85.3 cm³/mol. The average Bonchev–Trinajstić information content (AvgIpc) is 3.10. The second-order valence-corrected chi connectivity index (χ2v) is 4.73. The largest absolute Gasteiger partial charge is 0.459 e. The summed E-state index contributed by atoms with van der Waals surface area (Å²) in [6, 6.07) is 12.3. The maximum absolute atomic E-state index is 12.2. The Balaban J connectivity index is 2.15. The highest BCUT2D eigenvalue weighted by atomic mass is 16.3. The van der Waals surface area contributed by atoms with Crippen LogP contribution in [0.1, 0.15) is 22.5 Å². The van der Waals surface area contributed by atoms with Crippen molar-refractivity contribution in [1.82, 2.24) is 10.6 Å². The minimum atomic E-state index is -0.505. The Hall–Kier alpha value is -2.86. The van der Waals surface area contributed by atoms with E-state index in [0.29, 0.717) is 13.0 Å². The van der Waals surface area contributed by atoms with Crippen LogP contribution in [0.25, 0.3) is 6.08 Å². The minimum Gasteiger partial charge on any atom is -0.459 e. The molecule has 2 aromatic rings. The SMILES string of the molecule is O=C(NCCCO)C(=Cc1ccccc1)NC(=O)c1ccco1. The predicted octanol–water partition coefficient (Wildman–Crippen LogP) is 1.55. The fourth-order valence-electron chi connectivity index (χ4n) is 1.84. The third-order valence-corrected chi connectivity index (χ3v) is 2.97.